The number of ether oxygens (including phenoxy) is 1. The number of aryl methyl sites for hydroxylation is 1. The molecule has 0 spiro atoms. The number of rotatable bonds is 5. The first-order chi connectivity index (χ1) is 15.6. The Morgan fingerprint density at radius 3 is 2.33 bits per heavy atom. The highest BCUT2D eigenvalue weighted by Crippen LogP contribution is 2.31. The van der Waals surface area contributed by atoms with Gasteiger partial charge in [-0.2, -0.15) is 0 Å². The summed E-state index contributed by atoms with van der Waals surface area (Å²) in [6, 6.07) is 9.63. The summed E-state index contributed by atoms with van der Waals surface area (Å²) in [5.74, 6) is 0.829. The van der Waals surface area contributed by atoms with Crippen molar-refractivity contribution in [3.05, 3.63) is 47.9 Å². The number of benzene rings is 1. The minimum Gasteiger partial charge on any atom is -0.444 e. The van der Waals surface area contributed by atoms with Gasteiger partial charge >= 0.3 is 6.09 Å². The molecule has 1 atom stereocenters. The summed E-state index contributed by atoms with van der Waals surface area (Å²) in [5, 5.41) is 0. The van der Waals surface area contributed by atoms with E-state index in [4.69, 9.17) is 4.74 Å². The Labute approximate surface area is 196 Å². The molecule has 3 rings (SSSR count). The Bertz CT molecular complexity index is 966. The zero-order valence-corrected chi connectivity index (χ0v) is 20.5. The first-order valence-corrected chi connectivity index (χ1v) is 11.4. The Hall–Kier alpha value is -3.16. The lowest BCUT2D eigenvalue weighted by molar-refractivity contribution is -0.118. The molecule has 2 amide bonds. The molecule has 2 aromatic rings. The van der Waals surface area contributed by atoms with Gasteiger partial charge in [0.05, 0.1) is 0 Å². The summed E-state index contributed by atoms with van der Waals surface area (Å²) in [7, 11) is 1.80. The van der Waals surface area contributed by atoms with Gasteiger partial charge in [-0.1, -0.05) is 25.1 Å². The number of carbonyl (C=O) groups excluding carboxylic acids is 2. The molecular weight excluding hydrogens is 418 g/mol. The maximum absolute atomic E-state index is 13.0. The van der Waals surface area contributed by atoms with Crippen molar-refractivity contribution >= 4 is 23.5 Å². The quantitative estimate of drug-likeness (QED) is 0.681. The van der Waals surface area contributed by atoms with Gasteiger partial charge in [-0.15, -0.1) is 0 Å². The third-order valence-corrected chi connectivity index (χ3v) is 5.78. The second-order valence-electron chi connectivity index (χ2n) is 9.54. The summed E-state index contributed by atoms with van der Waals surface area (Å²) in [4.78, 5) is 40.0. The average molecular weight is 454 g/mol. The number of para-hydroxylation sites is 1. The Morgan fingerprint density at radius 2 is 1.73 bits per heavy atom. The number of hydrogen-bond acceptors (Lipinski definition) is 6. The Kier molecular flexibility index (Phi) is 7.56. The number of nitrogens with zero attached hydrogens (tertiary/aromatic N) is 5. The maximum atomic E-state index is 13.0. The minimum absolute atomic E-state index is 0.0395. The molecule has 1 aliphatic heterocycles. The van der Waals surface area contributed by atoms with Crippen LogP contribution in [0.3, 0.4) is 0 Å². The smallest absolute Gasteiger partial charge is 0.410 e. The lowest BCUT2D eigenvalue weighted by Crippen LogP contribution is -2.50. The molecule has 0 N–H and O–H groups in total. The van der Waals surface area contributed by atoms with E-state index in [1.165, 1.54) is 0 Å². The van der Waals surface area contributed by atoms with Crippen molar-refractivity contribution in [1.29, 1.82) is 0 Å². The zero-order chi connectivity index (χ0) is 24.2. The van der Waals surface area contributed by atoms with E-state index in [0.29, 0.717) is 32.6 Å². The molecule has 8 nitrogen and oxygen atoms in total. The van der Waals surface area contributed by atoms with Gasteiger partial charge in [0.25, 0.3) is 0 Å². The van der Waals surface area contributed by atoms with Crippen molar-refractivity contribution in [3.8, 4) is 0 Å². The van der Waals surface area contributed by atoms with Crippen LogP contribution in [0, 0.1) is 6.92 Å². The second kappa shape index (κ2) is 10.2. The molecule has 2 heterocycles. The molecule has 0 bridgehead atoms. The number of carbonyl (C=O) groups is 2. The fourth-order valence-electron chi connectivity index (χ4n) is 4.02. The van der Waals surface area contributed by atoms with Crippen LogP contribution >= 0.6 is 0 Å². The van der Waals surface area contributed by atoms with Crippen LogP contribution in [0.15, 0.2) is 36.7 Å². The van der Waals surface area contributed by atoms with Gasteiger partial charge in [-0.3, -0.25) is 4.79 Å². The van der Waals surface area contributed by atoms with Crippen LogP contribution < -0.4 is 9.80 Å². The Balaban J connectivity index is 1.70. The SMILES string of the molecule is Cc1ncnc(N2CCN(C(=O)OC(C)(C)C)CC2)c1C(C)CC(=O)N(C)c1ccccc1. The normalized spacial score (nSPS) is 15.2. The van der Waals surface area contributed by atoms with Gasteiger partial charge in [-0.25, -0.2) is 14.8 Å². The van der Waals surface area contributed by atoms with Crippen molar-refractivity contribution in [1.82, 2.24) is 14.9 Å². The van der Waals surface area contributed by atoms with Crippen LogP contribution in [0.1, 0.15) is 51.3 Å². The summed E-state index contributed by atoms with van der Waals surface area (Å²) >= 11 is 0. The summed E-state index contributed by atoms with van der Waals surface area (Å²) in [5.41, 5.74) is 2.21. The van der Waals surface area contributed by atoms with E-state index in [2.05, 4.69) is 14.9 Å². The molecule has 0 saturated carbocycles. The van der Waals surface area contributed by atoms with Crippen molar-refractivity contribution in [2.75, 3.05) is 43.0 Å². The van der Waals surface area contributed by atoms with Gasteiger partial charge in [0.2, 0.25) is 5.91 Å². The highest BCUT2D eigenvalue weighted by Gasteiger charge is 2.29. The number of piperazine rings is 1. The van der Waals surface area contributed by atoms with Crippen LogP contribution in [0.2, 0.25) is 0 Å². The molecule has 178 valence electrons. The third-order valence-electron chi connectivity index (χ3n) is 5.78. The highest BCUT2D eigenvalue weighted by atomic mass is 16.6. The summed E-state index contributed by atoms with van der Waals surface area (Å²) in [6.45, 7) is 12.0. The molecule has 1 fully saturated rings. The molecule has 0 radical (unpaired) electrons. The van der Waals surface area contributed by atoms with E-state index in [-0.39, 0.29) is 17.9 Å². The molecule has 1 aromatic carbocycles. The summed E-state index contributed by atoms with van der Waals surface area (Å²) < 4.78 is 5.50. The minimum atomic E-state index is -0.514. The fraction of sp³-hybridized carbons (Fsp3) is 0.520. The predicted molar refractivity (Wildman–Crippen MR) is 130 cm³/mol. The van der Waals surface area contributed by atoms with Crippen molar-refractivity contribution in [2.24, 2.45) is 0 Å². The largest absolute Gasteiger partial charge is 0.444 e. The van der Waals surface area contributed by atoms with E-state index in [1.807, 2.05) is 65.0 Å². The van der Waals surface area contributed by atoms with Crippen LogP contribution in [-0.2, 0) is 9.53 Å². The van der Waals surface area contributed by atoms with Gasteiger partial charge in [-0.05, 0) is 45.7 Å². The molecule has 8 heteroatoms. The van der Waals surface area contributed by atoms with Crippen molar-refractivity contribution in [3.63, 3.8) is 0 Å². The van der Waals surface area contributed by atoms with E-state index in [9.17, 15) is 9.59 Å². The number of anilines is 2. The van der Waals surface area contributed by atoms with E-state index in [0.717, 1.165) is 22.8 Å². The second-order valence-corrected chi connectivity index (χ2v) is 9.54. The fourth-order valence-corrected chi connectivity index (χ4v) is 4.02. The van der Waals surface area contributed by atoms with E-state index in [1.54, 1.807) is 23.2 Å². The van der Waals surface area contributed by atoms with Crippen LogP contribution in [0.25, 0.3) is 0 Å². The Morgan fingerprint density at radius 1 is 1.09 bits per heavy atom. The van der Waals surface area contributed by atoms with E-state index >= 15 is 0 Å². The average Bonchev–Trinajstić information content (AvgIpc) is 2.77. The number of amides is 2. The van der Waals surface area contributed by atoms with Crippen molar-refractivity contribution < 1.29 is 14.3 Å². The number of aromatic nitrogens is 2. The van der Waals surface area contributed by atoms with Gasteiger partial charge < -0.3 is 19.4 Å². The summed E-state index contributed by atoms with van der Waals surface area (Å²) in [6.07, 6.45) is 1.63. The monoisotopic (exact) mass is 453 g/mol. The van der Waals surface area contributed by atoms with Gasteiger partial charge in [0.1, 0.15) is 17.7 Å². The standard InChI is InChI=1S/C25H35N5O3/c1-18(16-21(31)28(6)20-10-8-7-9-11-20)22-19(2)26-17-27-23(22)29-12-14-30(15-13-29)24(32)33-25(3,4)5/h7-11,17-18H,12-16H2,1-6H3. The first-order valence-electron chi connectivity index (χ1n) is 11.4. The molecule has 1 unspecified atom stereocenters. The highest BCUT2D eigenvalue weighted by molar-refractivity contribution is 5.93. The molecule has 33 heavy (non-hydrogen) atoms. The van der Waals surface area contributed by atoms with E-state index < -0.39 is 5.60 Å². The van der Waals surface area contributed by atoms with Crippen LogP contribution in [0.5, 0.6) is 0 Å². The van der Waals surface area contributed by atoms with Gasteiger partial charge in [0.15, 0.2) is 0 Å². The molecule has 0 aliphatic carbocycles. The third kappa shape index (κ3) is 6.21. The first kappa shape index (κ1) is 24.5. The van der Waals surface area contributed by atoms with Crippen LogP contribution in [-0.4, -0.2) is 65.7 Å². The molecular formula is C25H35N5O3. The molecule has 1 saturated heterocycles. The number of hydrogen-bond donors (Lipinski definition) is 0. The lowest BCUT2D eigenvalue weighted by atomic mass is 9.95. The predicted octanol–water partition coefficient (Wildman–Crippen LogP) is 4.00. The lowest BCUT2D eigenvalue weighted by Gasteiger charge is -2.37. The van der Waals surface area contributed by atoms with Gasteiger partial charge in [0, 0.05) is 56.6 Å². The maximum Gasteiger partial charge on any atom is 0.410 e. The molecule has 1 aliphatic rings. The van der Waals surface area contributed by atoms with Crippen LogP contribution in [0.4, 0.5) is 16.3 Å². The van der Waals surface area contributed by atoms with Crippen molar-refractivity contribution in [2.45, 2.75) is 52.6 Å². The topological polar surface area (TPSA) is 78.9 Å². The zero-order valence-electron chi connectivity index (χ0n) is 20.5. The molecule has 1 aromatic heterocycles.